The number of hydrogen-bond donors (Lipinski definition) is 2. The molecule has 0 unspecified atom stereocenters. The maximum atomic E-state index is 12.5. The van der Waals surface area contributed by atoms with E-state index in [-0.39, 0.29) is 17.0 Å². The minimum absolute atomic E-state index is 0.0892. The lowest BCUT2D eigenvalue weighted by atomic mass is 10.0. The summed E-state index contributed by atoms with van der Waals surface area (Å²) in [5.41, 5.74) is 2.89. The number of benzene rings is 2. The first-order valence-electron chi connectivity index (χ1n) is 8.66. The molecule has 142 valence electrons. The summed E-state index contributed by atoms with van der Waals surface area (Å²) in [6, 6.07) is 11.8. The van der Waals surface area contributed by atoms with Gasteiger partial charge in [-0.3, -0.25) is 4.79 Å². The number of fused-ring (bicyclic) bond motifs is 1. The van der Waals surface area contributed by atoms with E-state index in [4.69, 9.17) is 4.74 Å². The maximum absolute atomic E-state index is 12.5. The summed E-state index contributed by atoms with van der Waals surface area (Å²) < 4.78 is 32.8. The minimum atomic E-state index is -3.74. The number of nitrogens with one attached hydrogen (secondary N) is 2. The number of pyridine rings is 1. The molecule has 0 aliphatic rings. The monoisotopic (exact) mass is 386 g/mol. The van der Waals surface area contributed by atoms with Gasteiger partial charge in [-0.15, -0.1) is 0 Å². The second-order valence-electron chi connectivity index (χ2n) is 6.40. The smallest absolute Gasteiger partial charge is 0.252 e. The lowest BCUT2D eigenvalue weighted by Gasteiger charge is -2.10. The molecule has 0 atom stereocenters. The molecule has 0 aliphatic carbocycles. The number of hydrogen-bond acceptors (Lipinski definition) is 4. The summed E-state index contributed by atoms with van der Waals surface area (Å²) >= 11 is 0. The van der Waals surface area contributed by atoms with Crippen molar-refractivity contribution in [2.24, 2.45) is 0 Å². The molecule has 3 aromatic rings. The average molecular weight is 386 g/mol. The van der Waals surface area contributed by atoms with Gasteiger partial charge in [0, 0.05) is 23.0 Å². The number of ether oxygens (including phenoxy) is 1. The number of rotatable bonds is 6. The molecule has 0 saturated carbocycles. The highest BCUT2D eigenvalue weighted by molar-refractivity contribution is 7.89. The van der Waals surface area contributed by atoms with Crippen LogP contribution in [-0.2, 0) is 16.6 Å². The van der Waals surface area contributed by atoms with Crippen LogP contribution in [0.4, 0.5) is 0 Å². The van der Waals surface area contributed by atoms with E-state index >= 15 is 0 Å². The topological polar surface area (TPSA) is 88.3 Å². The van der Waals surface area contributed by atoms with E-state index in [9.17, 15) is 13.2 Å². The molecule has 3 rings (SSSR count). The van der Waals surface area contributed by atoms with Gasteiger partial charge in [0.25, 0.3) is 5.56 Å². The Morgan fingerprint density at radius 3 is 2.44 bits per heavy atom. The van der Waals surface area contributed by atoms with Crippen LogP contribution in [0, 0.1) is 13.8 Å². The molecule has 1 heterocycles. The lowest BCUT2D eigenvalue weighted by Crippen LogP contribution is -2.27. The van der Waals surface area contributed by atoms with Crippen LogP contribution in [0.15, 0.2) is 52.2 Å². The van der Waals surface area contributed by atoms with Crippen molar-refractivity contribution in [1.29, 1.82) is 0 Å². The zero-order valence-corrected chi connectivity index (χ0v) is 16.3. The zero-order chi connectivity index (χ0) is 19.6. The molecule has 7 heteroatoms. The normalized spacial score (nSPS) is 11.7. The predicted octanol–water partition coefficient (Wildman–Crippen LogP) is 3.02. The molecule has 2 N–H and O–H groups in total. The quantitative estimate of drug-likeness (QED) is 0.682. The Labute approximate surface area is 158 Å². The first-order valence-corrected chi connectivity index (χ1v) is 10.1. The third-order valence-electron chi connectivity index (χ3n) is 4.29. The number of aromatic nitrogens is 1. The average Bonchev–Trinajstić information content (AvgIpc) is 2.61. The lowest BCUT2D eigenvalue weighted by molar-refractivity contribution is 0.340. The largest absolute Gasteiger partial charge is 0.494 e. The van der Waals surface area contributed by atoms with Gasteiger partial charge >= 0.3 is 0 Å². The summed E-state index contributed by atoms with van der Waals surface area (Å²) in [7, 11) is -3.74. The van der Waals surface area contributed by atoms with Gasteiger partial charge in [0.2, 0.25) is 10.0 Å². The molecular formula is C20H22N2O4S. The third-order valence-corrected chi connectivity index (χ3v) is 5.70. The van der Waals surface area contributed by atoms with Crippen molar-refractivity contribution in [3.05, 3.63) is 69.5 Å². The van der Waals surface area contributed by atoms with Gasteiger partial charge in [0.05, 0.1) is 11.5 Å². The molecule has 0 radical (unpaired) electrons. The van der Waals surface area contributed by atoms with E-state index in [1.54, 1.807) is 18.2 Å². The van der Waals surface area contributed by atoms with Gasteiger partial charge in [-0.05, 0) is 68.3 Å². The Hall–Kier alpha value is -2.64. The van der Waals surface area contributed by atoms with Gasteiger partial charge in [-0.2, -0.15) is 0 Å². The highest BCUT2D eigenvalue weighted by Crippen LogP contribution is 2.19. The van der Waals surface area contributed by atoms with Crippen LogP contribution in [0.5, 0.6) is 5.75 Å². The molecule has 0 aliphatic heterocycles. The molecule has 0 spiro atoms. The van der Waals surface area contributed by atoms with Crippen LogP contribution in [0.2, 0.25) is 0 Å². The van der Waals surface area contributed by atoms with E-state index in [1.165, 1.54) is 12.1 Å². The molecule has 0 bridgehead atoms. The second-order valence-corrected chi connectivity index (χ2v) is 8.16. The van der Waals surface area contributed by atoms with Crippen LogP contribution in [-0.4, -0.2) is 20.0 Å². The first-order chi connectivity index (χ1) is 12.8. The van der Waals surface area contributed by atoms with E-state index in [2.05, 4.69) is 9.71 Å². The van der Waals surface area contributed by atoms with Crippen molar-refractivity contribution in [3.8, 4) is 5.75 Å². The fraction of sp³-hybridized carbons (Fsp3) is 0.250. The number of H-pyrrole nitrogens is 1. The maximum Gasteiger partial charge on any atom is 0.252 e. The number of aromatic amines is 1. The minimum Gasteiger partial charge on any atom is -0.494 e. The van der Waals surface area contributed by atoms with Crippen LogP contribution in [0.1, 0.15) is 23.6 Å². The van der Waals surface area contributed by atoms with Crippen LogP contribution >= 0.6 is 0 Å². The second kappa shape index (κ2) is 7.54. The van der Waals surface area contributed by atoms with E-state index in [1.807, 2.05) is 32.9 Å². The molecule has 1 aromatic heterocycles. The molecule has 6 nitrogen and oxygen atoms in total. The van der Waals surface area contributed by atoms with Crippen LogP contribution < -0.4 is 15.0 Å². The Balaban J connectivity index is 1.85. The Morgan fingerprint density at radius 2 is 1.78 bits per heavy atom. The van der Waals surface area contributed by atoms with E-state index in [0.717, 1.165) is 22.0 Å². The summed E-state index contributed by atoms with van der Waals surface area (Å²) in [6.45, 7) is 6.20. The number of aryl methyl sites for hydroxylation is 2. The molecule has 0 saturated heterocycles. The van der Waals surface area contributed by atoms with Crippen molar-refractivity contribution < 1.29 is 13.2 Å². The van der Waals surface area contributed by atoms with Crippen molar-refractivity contribution in [1.82, 2.24) is 9.71 Å². The van der Waals surface area contributed by atoms with Crippen molar-refractivity contribution >= 4 is 20.9 Å². The highest BCUT2D eigenvalue weighted by Gasteiger charge is 2.15. The summed E-state index contributed by atoms with van der Waals surface area (Å²) in [5.74, 6) is 0.605. The van der Waals surface area contributed by atoms with Crippen LogP contribution in [0.3, 0.4) is 0 Å². The Morgan fingerprint density at radius 1 is 1.07 bits per heavy atom. The Kier molecular flexibility index (Phi) is 5.34. The van der Waals surface area contributed by atoms with Gasteiger partial charge in [-0.1, -0.05) is 6.07 Å². The van der Waals surface area contributed by atoms with Gasteiger partial charge in [-0.25, -0.2) is 13.1 Å². The van der Waals surface area contributed by atoms with Crippen molar-refractivity contribution in [2.45, 2.75) is 32.2 Å². The number of sulfonamides is 1. The molecule has 27 heavy (non-hydrogen) atoms. The fourth-order valence-electron chi connectivity index (χ4n) is 2.99. The van der Waals surface area contributed by atoms with E-state index < -0.39 is 10.0 Å². The summed E-state index contributed by atoms with van der Waals surface area (Å²) in [6.07, 6.45) is 0. The van der Waals surface area contributed by atoms with Crippen LogP contribution in [0.25, 0.3) is 10.9 Å². The zero-order valence-electron chi connectivity index (χ0n) is 15.5. The molecular weight excluding hydrogens is 364 g/mol. The first kappa shape index (κ1) is 19.1. The SMILES string of the molecule is CCOc1ccc(S(=O)(=O)NCc2cc3c(C)cc(C)cc3[nH]c2=O)cc1. The van der Waals surface area contributed by atoms with E-state index in [0.29, 0.717) is 17.9 Å². The fourth-order valence-corrected chi connectivity index (χ4v) is 3.99. The molecule has 0 amide bonds. The molecule has 0 fully saturated rings. The van der Waals surface area contributed by atoms with Gasteiger partial charge in [0.1, 0.15) is 5.75 Å². The van der Waals surface area contributed by atoms with Crippen molar-refractivity contribution in [3.63, 3.8) is 0 Å². The standard InChI is InChI=1S/C20H22N2O4S/c1-4-26-16-5-7-17(8-6-16)27(24,25)21-12-15-11-18-14(3)9-13(2)10-19(18)22-20(15)23/h5-11,21H,4,12H2,1-3H3,(H,22,23). The van der Waals surface area contributed by atoms with Gasteiger partial charge < -0.3 is 9.72 Å². The third kappa shape index (κ3) is 4.20. The predicted molar refractivity (Wildman–Crippen MR) is 106 cm³/mol. The van der Waals surface area contributed by atoms with Crippen molar-refractivity contribution in [2.75, 3.05) is 6.61 Å². The summed E-state index contributed by atoms with van der Waals surface area (Å²) in [5, 5.41) is 0.899. The Bertz CT molecular complexity index is 1130. The summed E-state index contributed by atoms with van der Waals surface area (Å²) in [4.78, 5) is 15.3. The highest BCUT2D eigenvalue weighted by atomic mass is 32.2. The van der Waals surface area contributed by atoms with Gasteiger partial charge in [0.15, 0.2) is 0 Å². The molecule has 2 aromatic carbocycles.